The van der Waals surface area contributed by atoms with Crippen LogP contribution in [-0.4, -0.2) is 46.5 Å². The number of aromatic amines is 1. The fourth-order valence-electron chi connectivity index (χ4n) is 2.03. The Morgan fingerprint density at radius 3 is 2.71 bits per heavy atom. The van der Waals surface area contributed by atoms with Crippen molar-refractivity contribution in [1.82, 2.24) is 15.1 Å². The number of methoxy groups -OCH3 is 1. The van der Waals surface area contributed by atoms with Crippen LogP contribution in [0.4, 0.5) is 15.4 Å². The first-order valence-corrected chi connectivity index (χ1v) is 6.69. The first kappa shape index (κ1) is 15.1. The van der Waals surface area contributed by atoms with E-state index in [0.717, 1.165) is 11.3 Å². The van der Waals surface area contributed by atoms with E-state index in [1.54, 1.807) is 4.90 Å². The minimum absolute atomic E-state index is 0.333. The van der Waals surface area contributed by atoms with Gasteiger partial charge >= 0.3 is 12.2 Å². The second-order valence-electron chi connectivity index (χ2n) is 5.80. The van der Waals surface area contributed by atoms with Crippen LogP contribution in [-0.2, 0) is 22.4 Å². The number of hydrogen-bond acceptors (Lipinski definition) is 5. The molecule has 0 aromatic carbocycles. The molecule has 0 bridgehead atoms. The Hall–Kier alpha value is -2.25. The number of rotatable bonds is 1. The molecule has 0 saturated carbocycles. The van der Waals surface area contributed by atoms with Gasteiger partial charge in [0.05, 0.1) is 13.7 Å². The van der Waals surface area contributed by atoms with Crippen LogP contribution in [0.5, 0.6) is 0 Å². The van der Waals surface area contributed by atoms with E-state index in [1.807, 2.05) is 20.8 Å². The van der Waals surface area contributed by atoms with Gasteiger partial charge in [0.15, 0.2) is 5.82 Å². The lowest BCUT2D eigenvalue weighted by Crippen LogP contribution is -2.40. The van der Waals surface area contributed by atoms with Crippen LogP contribution in [0.3, 0.4) is 0 Å². The number of ether oxygens (including phenoxy) is 2. The normalized spacial score (nSPS) is 14.4. The summed E-state index contributed by atoms with van der Waals surface area (Å²) < 4.78 is 9.90. The summed E-state index contributed by atoms with van der Waals surface area (Å²) in [4.78, 5) is 25.0. The molecule has 0 fully saturated rings. The average molecular weight is 296 g/mol. The van der Waals surface area contributed by atoms with E-state index in [-0.39, 0.29) is 6.09 Å². The van der Waals surface area contributed by atoms with Crippen LogP contribution in [0.15, 0.2) is 0 Å². The first-order valence-electron chi connectivity index (χ1n) is 6.69. The van der Waals surface area contributed by atoms with Crippen molar-refractivity contribution in [3.63, 3.8) is 0 Å². The lowest BCUT2D eigenvalue weighted by atomic mass is 10.1. The predicted molar refractivity (Wildman–Crippen MR) is 75.0 cm³/mol. The molecule has 1 aliphatic rings. The molecule has 1 aromatic rings. The number of nitrogens with zero attached hydrogens (tertiary/aromatic N) is 2. The van der Waals surface area contributed by atoms with Gasteiger partial charge in [0.1, 0.15) is 5.60 Å². The number of H-pyrrole nitrogens is 1. The molecule has 0 aliphatic carbocycles. The Balaban J connectivity index is 2.10. The van der Waals surface area contributed by atoms with Gasteiger partial charge in [-0.1, -0.05) is 0 Å². The van der Waals surface area contributed by atoms with Gasteiger partial charge < -0.3 is 14.4 Å². The van der Waals surface area contributed by atoms with Crippen LogP contribution < -0.4 is 5.32 Å². The highest BCUT2D eigenvalue weighted by Gasteiger charge is 2.29. The molecule has 2 rings (SSSR count). The van der Waals surface area contributed by atoms with Crippen LogP contribution >= 0.6 is 0 Å². The molecule has 1 aromatic heterocycles. The van der Waals surface area contributed by atoms with E-state index in [2.05, 4.69) is 20.3 Å². The Morgan fingerprint density at radius 1 is 1.38 bits per heavy atom. The minimum atomic E-state index is -0.598. The summed E-state index contributed by atoms with van der Waals surface area (Å²) in [6.45, 7) is 6.34. The zero-order chi connectivity index (χ0) is 15.6. The van der Waals surface area contributed by atoms with E-state index >= 15 is 0 Å². The molecular weight excluding hydrogens is 276 g/mol. The third kappa shape index (κ3) is 3.65. The van der Waals surface area contributed by atoms with Crippen molar-refractivity contribution >= 4 is 18.0 Å². The van der Waals surface area contributed by atoms with E-state index in [1.165, 1.54) is 7.11 Å². The van der Waals surface area contributed by atoms with Crippen molar-refractivity contribution in [2.45, 2.75) is 39.3 Å². The van der Waals surface area contributed by atoms with Gasteiger partial charge in [-0.25, -0.2) is 9.59 Å². The molecule has 2 N–H and O–H groups in total. The molecule has 21 heavy (non-hydrogen) atoms. The van der Waals surface area contributed by atoms with E-state index < -0.39 is 11.7 Å². The number of amides is 2. The average Bonchev–Trinajstić information content (AvgIpc) is 2.79. The zero-order valence-electron chi connectivity index (χ0n) is 12.6. The van der Waals surface area contributed by atoms with E-state index in [4.69, 9.17) is 4.74 Å². The molecule has 1 aliphatic heterocycles. The third-order valence-electron chi connectivity index (χ3n) is 2.99. The molecule has 8 heteroatoms. The number of carbonyl (C=O) groups is 2. The second kappa shape index (κ2) is 5.63. The monoisotopic (exact) mass is 296 g/mol. The van der Waals surface area contributed by atoms with Crippen molar-refractivity contribution in [2.24, 2.45) is 0 Å². The van der Waals surface area contributed by atoms with Crippen LogP contribution in [0, 0.1) is 0 Å². The smallest absolute Gasteiger partial charge is 0.412 e. The summed E-state index contributed by atoms with van der Waals surface area (Å²) in [7, 11) is 1.28. The topological polar surface area (TPSA) is 96.5 Å². The summed E-state index contributed by atoms with van der Waals surface area (Å²) in [5.41, 5.74) is 1.14. The van der Waals surface area contributed by atoms with Crippen molar-refractivity contribution in [3.05, 3.63) is 11.3 Å². The van der Waals surface area contributed by atoms with Gasteiger partial charge in [0, 0.05) is 24.2 Å². The van der Waals surface area contributed by atoms with E-state index in [0.29, 0.717) is 25.3 Å². The molecule has 0 spiro atoms. The summed E-state index contributed by atoms with van der Waals surface area (Å²) >= 11 is 0. The number of aromatic nitrogens is 2. The minimum Gasteiger partial charge on any atom is -0.453 e. The zero-order valence-corrected chi connectivity index (χ0v) is 12.6. The molecule has 8 nitrogen and oxygen atoms in total. The number of nitrogens with one attached hydrogen (secondary N) is 2. The number of fused-ring (bicyclic) bond motifs is 1. The Bertz CT molecular complexity index is 547. The van der Waals surface area contributed by atoms with Gasteiger partial charge in [0.2, 0.25) is 0 Å². The fourth-order valence-corrected chi connectivity index (χ4v) is 2.03. The molecule has 0 radical (unpaired) electrons. The SMILES string of the molecule is COC(=O)Nc1n[nH]c2c1CN(C(=O)OC(C)(C)C)CC2. The molecule has 0 saturated heterocycles. The largest absolute Gasteiger partial charge is 0.453 e. The van der Waals surface area contributed by atoms with Crippen molar-refractivity contribution in [1.29, 1.82) is 0 Å². The molecule has 116 valence electrons. The maximum atomic E-state index is 12.1. The lowest BCUT2D eigenvalue weighted by molar-refractivity contribution is 0.0224. The van der Waals surface area contributed by atoms with Gasteiger partial charge in [0.25, 0.3) is 0 Å². The van der Waals surface area contributed by atoms with Crippen LogP contribution in [0.2, 0.25) is 0 Å². The van der Waals surface area contributed by atoms with Crippen molar-refractivity contribution in [3.8, 4) is 0 Å². The molecule has 2 amide bonds. The first-order chi connectivity index (χ1) is 9.80. The molecule has 0 unspecified atom stereocenters. The highest BCUT2D eigenvalue weighted by atomic mass is 16.6. The van der Waals surface area contributed by atoms with Crippen LogP contribution in [0.25, 0.3) is 0 Å². The Labute approximate surface area is 122 Å². The van der Waals surface area contributed by atoms with Gasteiger partial charge in [-0.05, 0) is 20.8 Å². The highest BCUT2D eigenvalue weighted by Crippen LogP contribution is 2.25. The third-order valence-corrected chi connectivity index (χ3v) is 2.99. The number of anilines is 1. The number of carbonyl (C=O) groups excluding carboxylic acids is 2. The summed E-state index contributed by atoms with van der Waals surface area (Å²) in [5, 5.41) is 9.43. The quantitative estimate of drug-likeness (QED) is 0.824. The van der Waals surface area contributed by atoms with Crippen molar-refractivity contribution in [2.75, 3.05) is 19.0 Å². The van der Waals surface area contributed by atoms with E-state index in [9.17, 15) is 9.59 Å². The maximum Gasteiger partial charge on any atom is 0.412 e. The summed E-state index contributed by atoms with van der Waals surface area (Å²) in [5.74, 6) is 0.380. The Morgan fingerprint density at radius 2 is 2.10 bits per heavy atom. The molecular formula is C13H20N4O4. The summed E-state index contributed by atoms with van der Waals surface area (Å²) in [6, 6.07) is 0. The van der Waals surface area contributed by atoms with Gasteiger partial charge in [-0.3, -0.25) is 10.4 Å². The summed E-state index contributed by atoms with van der Waals surface area (Å²) in [6.07, 6.45) is -0.346. The van der Waals surface area contributed by atoms with Crippen LogP contribution in [0.1, 0.15) is 32.0 Å². The maximum absolute atomic E-state index is 12.1. The fraction of sp³-hybridized carbons (Fsp3) is 0.615. The predicted octanol–water partition coefficient (Wildman–Crippen LogP) is 1.88. The Kier molecular flexibility index (Phi) is 4.06. The molecule has 0 atom stereocenters. The van der Waals surface area contributed by atoms with Crippen molar-refractivity contribution < 1.29 is 19.1 Å². The molecule has 2 heterocycles. The number of hydrogen-bond donors (Lipinski definition) is 2. The lowest BCUT2D eigenvalue weighted by Gasteiger charge is -2.30. The highest BCUT2D eigenvalue weighted by molar-refractivity contribution is 5.84. The standard InChI is InChI=1S/C13H20N4O4/c1-13(2,3)21-12(19)17-6-5-9-8(7-17)10(16-15-9)14-11(18)20-4/h5-7H2,1-4H3,(H2,14,15,16,18). The second-order valence-corrected chi connectivity index (χ2v) is 5.80. The van der Waals surface area contributed by atoms with Gasteiger partial charge in [-0.2, -0.15) is 5.10 Å². The van der Waals surface area contributed by atoms with Gasteiger partial charge in [-0.15, -0.1) is 0 Å².